The smallest absolute Gasteiger partial charge is 0.00777 e. The minimum absolute atomic E-state index is 0.479. The van der Waals surface area contributed by atoms with Crippen molar-refractivity contribution in [2.45, 2.75) is 98.4 Å². The molecule has 0 aromatic carbocycles. The quantitative estimate of drug-likeness (QED) is 0.365. The van der Waals surface area contributed by atoms with Crippen molar-refractivity contribution >= 4 is 0 Å². The fourth-order valence-corrected chi connectivity index (χ4v) is 5.34. The highest BCUT2D eigenvalue weighted by molar-refractivity contribution is 5.08. The van der Waals surface area contributed by atoms with Crippen LogP contribution in [-0.4, -0.2) is 12.6 Å². The highest BCUT2D eigenvalue weighted by atomic mass is 14.9. The fraction of sp³-hybridized carbons (Fsp3) is 0.840. The maximum atomic E-state index is 3.87. The van der Waals surface area contributed by atoms with Crippen LogP contribution in [0.4, 0.5) is 0 Å². The van der Waals surface area contributed by atoms with Crippen LogP contribution in [0.1, 0.15) is 92.4 Å². The van der Waals surface area contributed by atoms with Crippen LogP contribution in [0.15, 0.2) is 24.8 Å². The molecule has 0 radical (unpaired) electrons. The number of nitrogens with one attached hydrogen (secondary N) is 1. The summed E-state index contributed by atoms with van der Waals surface area (Å²) in [5.74, 6) is 2.34. The standard InChI is InChI=1S/C25H45N/c1-7-9-11-21(4)22(5)19-26-23-17-25(8-2,18-23)14-10-13-24(6)15-12-20(3)16-24/h7,12,15,20-23,26H,1,8-11,13-14,16-19H2,2-6H3. The number of hydrogen-bond acceptors (Lipinski definition) is 1. The summed E-state index contributed by atoms with van der Waals surface area (Å²) in [5.41, 5.74) is 1.12. The van der Waals surface area contributed by atoms with E-state index in [1.807, 2.05) is 0 Å². The summed E-state index contributed by atoms with van der Waals surface area (Å²) in [6.07, 6.45) is 19.2. The first-order chi connectivity index (χ1) is 12.3. The summed E-state index contributed by atoms with van der Waals surface area (Å²) in [5, 5.41) is 3.87. The molecule has 0 aromatic rings. The van der Waals surface area contributed by atoms with Crippen LogP contribution in [-0.2, 0) is 0 Å². The van der Waals surface area contributed by atoms with Crippen molar-refractivity contribution in [3.63, 3.8) is 0 Å². The molecule has 0 saturated heterocycles. The predicted octanol–water partition coefficient (Wildman–Crippen LogP) is 7.15. The molecule has 1 fully saturated rings. The normalized spacial score (nSPS) is 35.9. The van der Waals surface area contributed by atoms with Gasteiger partial charge in [-0.1, -0.05) is 65.7 Å². The van der Waals surface area contributed by atoms with E-state index in [1.54, 1.807) is 0 Å². The molecule has 1 saturated carbocycles. The highest BCUT2D eigenvalue weighted by Gasteiger charge is 2.42. The lowest BCUT2D eigenvalue weighted by molar-refractivity contribution is 0.0573. The van der Waals surface area contributed by atoms with Gasteiger partial charge >= 0.3 is 0 Å². The van der Waals surface area contributed by atoms with Gasteiger partial charge in [0, 0.05) is 6.04 Å². The van der Waals surface area contributed by atoms with E-state index in [-0.39, 0.29) is 0 Å². The molecular weight excluding hydrogens is 314 g/mol. The Morgan fingerprint density at radius 3 is 2.50 bits per heavy atom. The van der Waals surface area contributed by atoms with Gasteiger partial charge in [-0.2, -0.15) is 0 Å². The van der Waals surface area contributed by atoms with Crippen molar-refractivity contribution in [1.29, 1.82) is 0 Å². The molecule has 1 N–H and O–H groups in total. The molecule has 4 unspecified atom stereocenters. The van der Waals surface area contributed by atoms with Crippen molar-refractivity contribution in [1.82, 2.24) is 5.32 Å². The second kappa shape index (κ2) is 9.58. The molecule has 2 aliphatic carbocycles. The molecule has 0 aliphatic heterocycles. The molecule has 26 heavy (non-hydrogen) atoms. The van der Waals surface area contributed by atoms with Gasteiger partial charge in [0.15, 0.2) is 0 Å². The Morgan fingerprint density at radius 2 is 1.92 bits per heavy atom. The lowest BCUT2D eigenvalue weighted by Gasteiger charge is -2.49. The molecule has 0 aromatic heterocycles. The van der Waals surface area contributed by atoms with E-state index in [1.165, 1.54) is 57.9 Å². The topological polar surface area (TPSA) is 12.0 Å². The SMILES string of the molecule is C=CCCC(C)C(C)CNC1CC(CC)(CCCC2(C)C=CC(C)C2)C1. The van der Waals surface area contributed by atoms with Crippen LogP contribution in [0.5, 0.6) is 0 Å². The first kappa shape index (κ1) is 21.7. The first-order valence-corrected chi connectivity index (χ1v) is 11.3. The van der Waals surface area contributed by atoms with Crippen LogP contribution >= 0.6 is 0 Å². The third kappa shape index (κ3) is 5.98. The Labute approximate surface area is 164 Å². The zero-order valence-corrected chi connectivity index (χ0v) is 18.3. The molecule has 2 aliphatic rings. The Kier molecular flexibility index (Phi) is 8.01. The van der Waals surface area contributed by atoms with Gasteiger partial charge in [-0.05, 0) is 80.1 Å². The molecule has 0 heterocycles. The molecular formula is C25H45N. The van der Waals surface area contributed by atoms with Crippen molar-refractivity contribution in [2.75, 3.05) is 6.54 Å². The van der Waals surface area contributed by atoms with Crippen LogP contribution in [0.3, 0.4) is 0 Å². The molecule has 2 rings (SSSR count). The summed E-state index contributed by atoms with van der Waals surface area (Å²) in [6, 6.07) is 0.769. The van der Waals surface area contributed by atoms with Crippen molar-refractivity contribution in [2.24, 2.45) is 28.6 Å². The number of allylic oxidation sites excluding steroid dienone is 3. The summed E-state index contributed by atoms with van der Waals surface area (Å²) in [6.45, 7) is 17.1. The van der Waals surface area contributed by atoms with Gasteiger partial charge in [0.05, 0.1) is 0 Å². The van der Waals surface area contributed by atoms with E-state index in [4.69, 9.17) is 0 Å². The monoisotopic (exact) mass is 359 g/mol. The number of hydrogen-bond donors (Lipinski definition) is 1. The van der Waals surface area contributed by atoms with Crippen molar-refractivity contribution in [3.05, 3.63) is 24.8 Å². The molecule has 0 amide bonds. The predicted molar refractivity (Wildman–Crippen MR) is 116 cm³/mol. The van der Waals surface area contributed by atoms with Gasteiger partial charge in [0.1, 0.15) is 0 Å². The van der Waals surface area contributed by atoms with E-state index >= 15 is 0 Å². The van der Waals surface area contributed by atoms with Crippen molar-refractivity contribution in [3.8, 4) is 0 Å². The van der Waals surface area contributed by atoms with Gasteiger partial charge in [0.2, 0.25) is 0 Å². The summed E-state index contributed by atoms with van der Waals surface area (Å²) in [7, 11) is 0. The lowest BCUT2D eigenvalue weighted by atomic mass is 9.61. The van der Waals surface area contributed by atoms with E-state index in [9.17, 15) is 0 Å². The molecule has 1 heteroatoms. The van der Waals surface area contributed by atoms with E-state index in [0.717, 1.165) is 30.2 Å². The molecule has 1 nitrogen and oxygen atoms in total. The Bertz CT molecular complexity index is 459. The van der Waals surface area contributed by atoms with Gasteiger partial charge in [-0.3, -0.25) is 0 Å². The molecule has 0 bridgehead atoms. The average Bonchev–Trinajstić information content (AvgIpc) is 2.92. The van der Waals surface area contributed by atoms with Crippen LogP contribution in [0.2, 0.25) is 0 Å². The zero-order valence-electron chi connectivity index (χ0n) is 18.3. The van der Waals surface area contributed by atoms with E-state index in [0.29, 0.717) is 10.8 Å². The Hall–Kier alpha value is -0.560. The molecule has 4 atom stereocenters. The van der Waals surface area contributed by atoms with Gasteiger partial charge < -0.3 is 5.32 Å². The first-order valence-electron chi connectivity index (χ1n) is 11.3. The van der Waals surface area contributed by atoms with Crippen LogP contribution < -0.4 is 5.32 Å². The van der Waals surface area contributed by atoms with E-state index < -0.39 is 0 Å². The maximum Gasteiger partial charge on any atom is 0.00777 e. The van der Waals surface area contributed by atoms with Gasteiger partial charge in [-0.25, -0.2) is 0 Å². The lowest BCUT2D eigenvalue weighted by Crippen LogP contribution is -2.50. The third-order valence-corrected chi connectivity index (χ3v) is 7.71. The van der Waals surface area contributed by atoms with Gasteiger partial charge in [0.25, 0.3) is 0 Å². The second-order valence-corrected chi connectivity index (χ2v) is 10.2. The largest absolute Gasteiger partial charge is 0.314 e. The summed E-state index contributed by atoms with van der Waals surface area (Å²) >= 11 is 0. The summed E-state index contributed by atoms with van der Waals surface area (Å²) < 4.78 is 0. The fourth-order valence-electron chi connectivity index (χ4n) is 5.34. The van der Waals surface area contributed by atoms with Crippen LogP contribution in [0.25, 0.3) is 0 Å². The van der Waals surface area contributed by atoms with Crippen LogP contribution in [0, 0.1) is 28.6 Å². The number of rotatable bonds is 12. The minimum atomic E-state index is 0.479. The molecule has 150 valence electrons. The highest BCUT2D eigenvalue weighted by Crippen LogP contribution is 2.49. The minimum Gasteiger partial charge on any atom is -0.314 e. The van der Waals surface area contributed by atoms with Gasteiger partial charge in [-0.15, -0.1) is 6.58 Å². The van der Waals surface area contributed by atoms with Crippen molar-refractivity contribution < 1.29 is 0 Å². The Balaban J connectivity index is 1.65. The summed E-state index contributed by atoms with van der Waals surface area (Å²) in [4.78, 5) is 0. The average molecular weight is 360 g/mol. The van der Waals surface area contributed by atoms with E-state index in [2.05, 4.69) is 64.7 Å². The third-order valence-electron chi connectivity index (χ3n) is 7.71. The Morgan fingerprint density at radius 1 is 1.19 bits per heavy atom. The maximum absolute atomic E-state index is 3.87. The molecule has 0 spiro atoms. The zero-order chi connectivity index (χ0) is 19.2. The second-order valence-electron chi connectivity index (χ2n) is 10.2.